The Bertz CT molecular complexity index is 614. The standard InChI is InChI=1S/C19H30N2O5/c1-19(2,3)26-18(23)21-11-14(15(22)12-21)20-9-8-13-6-7-16(24-4)17(10-13)25-5/h6-7,10,14-15,20,22H,8-9,11-12H2,1-5H3/t14-,15-/m1/s1. The minimum absolute atomic E-state index is 0.164. The molecule has 1 saturated heterocycles. The number of ether oxygens (including phenoxy) is 3. The van der Waals surface area contributed by atoms with E-state index >= 15 is 0 Å². The van der Waals surface area contributed by atoms with Gasteiger partial charge in [0.25, 0.3) is 0 Å². The van der Waals surface area contributed by atoms with E-state index in [1.807, 2.05) is 39.0 Å². The van der Waals surface area contributed by atoms with E-state index < -0.39 is 11.7 Å². The predicted molar refractivity (Wildman–Crippen MR) is 98.9 cm³/mol. The van der Waals surface area contributed by atoms with Crippen LogP contribution >= 0.6 is 0 Å². The van der Waals surface area contributed by atoms with Crippen LogP contribution in [-0.4, -0.2) is 67.7 Å². The van der Waals surface area contributed by atoms with Crippen LogP contribution in [0.2, 0.25) is 0 Å². The lowest BCUT2D eigenvalue weighted by Crippen LogP contribution is -2.41. The van der Waals surface area contributed by atoms with E-state index in [9.17, 15) is 9.90 Å². The smallest absolute Gasteiger partial charge is 0.410 e. The molecule has 1 fully saturated rings. The minimum Gasteiger partial charge on any atom is -0.493 e. The van der Waals surface area contributed by atoms with Crippen molar-refractivity contribution >= 4 is 6.09 Å². The van der Waals surface area contributed by atoms with Crippen molar-refractivity contribution in [3.8, 4) is 11.5 Å². The molecular formula is C19H30N2O5. The number of amides is 1. The molecule has 0 aliphatic carbocycles. The molecule has 1 amide bonds. The molecule has 0 spiro atoms. The Morgan fingerprint density at radius 3 is 2.54 bits per heavy atom. The quantitative estimate of drug-likeness (QED) is 0.799. The van der Waals surface area contributed by atoms with Gasteiger partial charge in [0.1, 0.15) is 5.60 Å². The average molecular weight is 366 g/mol. The van der Waals surface area contributed by atoms with Crippen molar-refractivity contribution < 1.29 is 24.1 Å². The second-order valence-corrected chi connectivity index (χ2v) is 7.45. The molecule has 7 nitrogen and oxygen atoms in total. The van der Waals surface area contributed by atoms with Crippen molar-refractivity contribution in [3.05, 3.63) is 23.8 Å². The zero-order valence-electron chi connectivity index (χ0n) is 16.2. The van der Waals surface area contributed by atoms with Gasteiger partial charge in [-0.05, 0) is 51.4 Å². The van der Waals surface area contributed by atoms with E-state index in [0.29, 0.717) is 24.6 Å². The van der Waals surface area contributed by atoms with E-state index in [2.05, 4.69) is 5.32 Å². The molecule has 1 aliphatic rings. The van der Waals surface area contributed by atoms with Crippen molar-refractivity contribution in [1.82, 2.24) is 10.2 Å². The maximum absolute atomic E-state index is 12.1. The average Bonchev–Trinajstić information content (AvgIpc) is 2.94. The summed E-state index contributed by atoms with van der Waals surface area (Å²) in [4.78, 5) is 13.7. The molecule has 146 valence electrons. The van der Waals surface area contributed by atoms with Crippen LogP contribution in [-0.2, 0) is 11.2 Å². The molecule has 2 atom stereocenters. The van der Waals surface area contributed by atoms with Crippen LogP contribution in [0.25, 0.3) is 0 Å². The van der Waals surface area contributed by atoms with Crippen molar-refractivity contribution in [2.75, 3.05) is 33.9 Å². The first-order chi connectivity index (χ1) is 12.2. The number of hydrogen-bond donors (Lipinski definition) is 2. The van der Waals surface area contributed by atoms with Gasteiger partial charge in [-0.2, -0.15) is 0 Å². The SMILES string of the molecule is COc1ccc(CCN[C@@H]2CN(C(=O)OC(C)(C)C)C[C@H]2O)cc1OC. The fourth-order valence-corrected chi connectivity index (χ4v) is 2.90. The molecule has 0 radical (unpaired) electrons. The molecule has 0 bridgehead atoms. The summed E-state index contributed by atoms with van der Waals surface area (Å²) in [5, 5.41) is 13.5. The first-order valence-electron chi connectivity index (χ1n) is 8.84. The second-order valence-electron chi connectivity index (χ2n) is 7.45. The van der Waals surface area contributed by atoms with Gasteiger partial charge < -0.3 is 29.5 Å². The number of methoxy groups -OCH3 is 2. The molecule has 1 aliphatic heterocycles. The zero-order valence-corrected chi connectivity index (χ0v) is 16.2. The van der Waals surface area contributed by atoms with Crippen LogP contribution in [0.1, 0.15) is 26.3 Å². The van der Waals surface area contributed by atoms with E-state index in [1.165, 1.54) is 0 Å². The van der Waals surface area contributed by atoms with Crippen LogP contribution in [0.15, 0.2) is 18.2 Å². The van der Waals surface area contributed by atoms with Crippen molar-refractivity contribution in [1.29, 1.82) is 0 Å². The summed E-state index contributed by atoms with van der Waals surface area (Å²) in [6.45, 7) is 6.88. The number of nitrogens with one attached hydrogen (secondary N) is 1. The van der Waals surface area contributed by atoms with Gasteiger partial charge in [0.15, 0.2) is 11.5 Å². The number of nitrogens with zero attached hydrogens (tertiary/aromatic N) is 1. The maximum Gasteiger partial charge on any atom is 0.410 e. The summed E-state index contributed by atoms with van der Waals surface area (Å²) in [5.41, 5.74) is 0.563. The molecule has 2 N–H and O–H groups in total. The number of aliphatic hydroxyl groups is 1. The van der Waals surface area contributed by atoms with Crippen molar-refractivity contribution in [2.24, 2.45) is 0 Å². The Kier molecular flexibility index (Phi) is 6.72. The molecule has 26 heavy (non-hydrogen) atoms. The van der Waals surface area contributed by atoms with Crippen LogP contribution in [0, 0.1) is 0 Å². The first kappa shape index (κ1) is 20.3. The Labute approximate surface area is 155 Å². The molecule has 0 unspecified atom stereocenters. The number of β-amino-alcohol motifs (C(OH)–C–C–N with tert-alkyl or cyclic N) is 1. The third-order valence-electron chi connectivity index (χ3n) is 4.21. The summed E-state index contributed by atoms with van der Waals surface area (Å²) in [6.07, 6.45) is -0.218. The minimum atomic E-state index is -0.604. The maximum atomic E-state index is 12.1. The molecule has 1 aromatic rings. The second kappa shape index (κ2) is 8.60. The van der Waals surface area contributed by atoms with E-state index in [-0.39, 0.29) is 18.7 Å². The lowest BCUT2D eigenvalue weighted by Gasteiger charge is -2.24. The van der Waals surface area contributed by atoms with Gasteiger partial charge in [0.2, 0.25) is 0 Å². The van der Waals surface area contributed by atoms with Crippen LogP contribution in [0.3, 0.4) is 0 Å². The Morgan fingerprint density at radius 2 is 1.92 bits per heavy atom. The molecule has 1 aromatic carbocycles. The van der Waals surface area contributed by atoms with E-state index in [1.54, 1.807) is 19.1 Å². The molecule has 0 aromatic heterocycles. The van der Waals surface area contributed by atoms with Crippen molar-refractivity contribution in [2.45, 2.75) is 44.9 Å². The summed E-state index contributed by atoms with van der Waals surface area (Å²) in [7, 11) is 3.22. The Morgan fingerprint density at radius 1 is 1.23 bits per heavy atom. The highest BCUT2D eigenvalue weighted by molar-refractivity contribution is 5.68. The van der Waals surface area contributed by atoms with Gasteiger partial charge in [-0.1, -0.05) is 6.07 Å². The summed E-state index contributed by atoms with van der Waals surface area (Å²) in [5.74, 6) is 1.39. The lowest BCUT2D eigenvalue weighted by atomic mass is 10.1. The van der Waals surface area contributed by atoms with Crippen LogP contribution in [0.4, 0.5) is 4.79 Å². The number of aliphatic hydroxyl groups excluding tert-OH is 1. The van der Waals surface area contributed by atoms with Crippen LogP contribution < -0.4 is 14.8 Å². The highest BCUT2D eigenvalue weighted by Gasteiger charge is 2.35. The molecule has 1 heterocycles. The Hall–Kier alpha value is -1.99. The highest BCUT2D eigenvalue weighted by atomic mass is 16.6. The van der Waals surface area contributed by atoms with Gasteiger partial charge in [0.05, 0.1) is 32.9 Å². The van der Waals surface area contributed by atoms with Gasteiger partial charge >= 0.3 is 6.09 Å². The fourth-order valence-electron chi connectivity index (χ4n) is 2.90. The largest absolute Gasteiger partial charge is 0.493 e. The van der Waals surface area contributed by atoms with Gasteiger partial charge in [-0.15, -0.1) is 0 Å². The number of benzene rings is 1. The van der Waals surface area contributed by atoms with Gasteiger partial charge in [0, 0.05) is 6.54 Å². The third-order valence-corrected chi connectivity index (χ3v) is 4.21. The van der Waals surface area contributed by atoms with E-state index in [4.69, 9.17) is 14.2 Å². The molecular weight excluding hydrogens is 336 g/mol. The molecule has 2 rings (SSSR count). The van der Waals surface area contributed by atoms with Crippen LogP contribution in [0.5, 0.6) is 11.5 Å². The normalized spacial score (nSPS) is 20.2. The summed E-state index contributed by atoms with van der Waals surface area (Å²) < 4.78 is 15.9. The number of carbonyl (C=O) groups is 1. The monoisotopic (exact) mass is 366 g/mol. The fraction of sp³-hybridized carbons (Fsp3) is 0.632. The van der Waals surface area contributed by atoms with Crippen molar-refractivity contribution in [3.63, 3.8) is 0 Å². The summed E-state index contributed by atoms with van der Waals surface area (Å²) >= 11 is 0. The molecule has 7 heteroatoms. The number of carbonyl (C=O) groups excluding carboxylic acids is 1. The lowest BCUT2D eigenvalue weighted by molar-refractivity contribution is 0.0270. The summed E-state index contributed by atoms with van der Waals surface area (Å²) in [6, 6.07) is 5.64. The number of rotatable bonds is 6. The van der Waals surface area contributed by atoms with Gasteiger partial charge in [-0.25, -0.2) is 4.79 Å². The molecule has 0 saturated carbocycles. The zero-order chi connectivity index (χ0) is 19.3. The number of likely N-dealkylation sites (tertiary alicyclic amines) is 1. The third kappa shape index (κ3) is 5.51. The topological polar surface area (TPSA) is 80.3 Å². The number of hydrogen-bond acceptors (Lipinski definition) is 6. The van der Waals surface area contributed by atoms with E-state index in [0.717, 1.165) is 12.0 Å². The first-order valence-corrected chi connectivity index (χ1v) is 8.84. The highest BCUT2D eigenvalue weighted by Crippen LogP contribution is 2.27. The Balaban J connectivity index is 1.83. The predicted octanol–water partition coefficient (Wildman–Crippen LogP) is 1.82. The van der Waals surface area contributed by atoms with Gasteiger partial charge in [-0.3, -0.25) is 0 Å².